The molecular formula is C21H19N3O6S. The van der Waals surface area contributed by atoms with Crippen molar-refractivity contribution in [2.24, 2.45) is 4.99 Å². The third-order valence-electron chi connectivity index (χ3n) is 4.21. The monoisotopic (exact) mass is 441 g/mol. The lowest BCUT2D eigenvalue weighted by molar-refractivity contribution is -0.384. The predicted molar refractivity (Wildman–Crippen MR) is 116 cm³/mol. The Kier molecular flexibility index (Phi) is 6.93. The van der Waals surface area contributed by atoms with Gasteiger partial charge in [0.2, 0.25) is 0 Å². The van der Waals surface area contributed by atoms with E-state index in [1.54, 1.807) is 16.7 Å². The Hall–Kier alpha value is -3.79. The molecule has 0 radical (unpaired) electrons. The molecule has 2 aromatic carbocycles. The van der Waals surface area contributed by atoms with Crippen LogP contribution in [0.15, 0.2) is 53.5 Å². The number of nitrogens with zero attached hydrogens (tertiary/aromatic N) is 3. The number of nitro benzene ring substituents is 1. The summed E-state index contributed by atoms with van der Waals surface area (Å²) in [5.41, 5.74) is 1.31. The summed E-state index contributed by atoms with van der Waals surface area (Å²) in [5.74, 6) is -0.324. The third kappa shape index (κ3) is 5.43. The summed E-state index contributed by atoms with van der Waals surface area (Å²) in [6.07, 6.45) is 2.78. The number of aromatic nitrogens is 1. The number of benzene rings is 2. The van der Waals surface area contributed by atoms with Crippen LogP contribution in [-0.2, 0) is 20.9 Å². The molecule has 3 aromatic rings. The van der Waals surface area contributed by atoms with Crippen LogP contribution < -0.4 is 9.54 Å². The first kappa shape index (κ1) is 21.9. The molecule has 1 aromatic heterocycles. The highest BCUT2D eigenvalue weighted by atomic mass is 32.1. The van der Waals surface area contributed by atoms with Gasteiger partial charge in [0, 0.05) is 18.2 Å². The molecule has 0 aliphatic carbocycles. The summed E-state index contributed by atoms with van der Waals surface area (Å²) in [5, 5.41) is 10.7. The van der Waals surface area contributed by atoms with Gasteiger partial charge in [-0.3, -0.25) is 19.7 Å². The molecule has 0 fully saturated rings. The summed E-state index contributed by atoms with van der Waals surface area (Å²) in [6, 6.07) is 11.2. The molecule has 0 unspecified atom stereocenters. The fourth-order valence-electron chi connectivity index (χ4n) is 2.75. The van der Waals surface area contributed by atoms with E-state index in [1.807, 2.05) is 13.0 Å². The summed E-state index contributed by atoms with van der Waals surface area (Å²) in [7, 11) is 1.29. The molecule has 160 valence electrons. The maximum absolute atomic E-state index is 12.4. The molecule has 9 nitrogen and oxygen atoms in total. The molecule has 10 heteroatoms. The van der Waals surface area contributed by atoms with Crippen LogP contribution in [0, 0.1) is 10.1 Å². The lowest BCUT2D eigenvalue weighted by Crippen LogP contribution is -2.22. The highest BCUT2D eigenvalue weighted by Gasteiger charge is 2.12. The van der Waals surface area contributed by atoms with Crippen LogP contribution in [0.2, 0.25) is 0 Å². The number of rotatable bonds is 7. The maximum Gasteiger partial charge on any atom is 0.325 e. The first-order chi connectivity index (χ1) is 14.9. The Labute approximate surface area is 181 Å². The van der Waals surface area contributed by atoms with Gasteiger partial charge in [-0.15, -0.1) is 0 Å². The van der Waals surface area contributed by atoms with Crippen molar-refractivity contribution in [3.63, 3.8) is 0 Å². The number of nitro groups is 1. The zero-order valence-corrected chi connectivity index (χ0v) is 17.6. The van der Waals surface area contributed by atoms with Crippen LogP contribution in [0.1, 0.15) is 12.5 Å². The van der Waals surface area contributed by atoms with Crippen molar-refractivity contribution < 1.29 is 24.0 Å². The van der Waals surface area contributed by atoms with E-state index < -0.39 is 16.8 Å². The second kappa shape index (κ2) is 9.81. The molecule has 0 N–H and O–H groups in total. The molecular weight excluding hydrogens is 422 g/mol. The maximum atomic E-state index is 12.4. The van der Waals surface area contributed by atoms with Crippen molar-refractivity contribution in [1.82, 2.24) is 4.57 Å². The largest absolute Gasteiger partial charge is 0.494 e. The first-order valence-corrected chi connectivity index (χ1v) is 10.1. The van der Waals surface area contributed by atoms with Crippen LogP contribution >= 0.6 is 11.3 Å². The van der Waals surface area contributed by atoms with Gasteiger partial charge >= 0.3 is 5.97 Å². The minimum atomic E-state index is -0.534. The van der Waals surface area contributed by atoms with Crippen molar-refractivity contribution in [2.45, 2.75) is 13.5 Å². The number of ether oxygens (including phenoxy) is 2. The quantitative estimate of drug-likeness (QED) is 0.241. The van der Waals surface area contributed by atoms with E-state index in [4.69, 9.17) is 9.47 Å². The molecule has 0 spiro atoms. The molecule has 3 rings (SSSR count). The molecule has 31 heavy (non-hydrogen) atoms. The third-order valence-corrected chi connectivity index (χ3v) is 5.25. The average molecular weight is 441 g/mol. The average Bonchev–Trinajstić information content (AvgIpc) is 3.08. The summed E-state index contributed by atoms with van der Waals surface area (Å²) < 4.78 is 12.7. The smallest absolute Gasteiger partial charge is 0.325 e. The van der Waals surface area contributed by atoms with Crippen molar-refractivity contribution in [3.8, 4) is 5.75 Å². The highest BCUT2D eigenvalue weighted by molar-refractivity contribution is 7.16. The standard InChI is InChI=1S/C21H19N3O6S/c1-3-30-16-9-10-17-18(12-16)31-21(23(17)13-20(26)29-2)22-19(25)11-6-14-4-7-15(8-5-14)24(27)28/h4-12H,3,13H2,1-2H3. The van der Waals surface area contributed by atoms with Crippen LogP contribution in [-0.4, -0.2) is 35.1 Å². The van der Waals surface area contributed by atoms with E-state index in [1.165, 1.54) is 54.9 Å². The second-order valence-electron chi connectivity index (χ2n) is 6.24. The number of carbonyl (C=O) groups excluding carboxylic acids is 2. The number of methoxy groups -OCH3 is 1. The second-order valence-corrected chi connectivity index (χ2v) is 7.25. The van der Waals surface area contributed by atoms with Gasteiger partial charge in [0.15, 0.2) is 4.80 Å². The number of amides is 1. The zero-order chi connectivity index (χ0) is 22.4. The number of hydrogen-bond acceptors (Lipinski definition) is 7. The Morgan fingerprint density at radius 3 is 2.61 bits per heavy atom. The summed E-state index contributed by atoms with van der Waals surface area (Å²) in [6.45, 7) is 2.30. The van der Waals surface area contributed by atoms with Crippen molar-refractivity contribution in [2.75, 3.05) is 13.7 Å². The topological polar surface area (TPSA) is 113 Å². The summed E-state index contributed by atoms with van der Waals surface area (Å²) >= 11 is 1.25. The fourth-order valence-corrected chi connectivity index (χ4v) is 3.81. The number of fused-ring (bicyclic) bond motifs is 1. The van der Waals surface area contributed by atoms with E-state index in [0.717, 1.165) is 10.2 Å². The number of carbonyl (C=O) groups is 2. The molecule has 0 saturated heterocycles. The molecule has 0 saturated carbocycles. The Balaban J connectivity index is 1.94. The first-order valence-electron chi connectivity index (χ1n) is 9.25. The molecule has 0 bridgehead atoms. The van der Waals surface area contributed by atoms with E-state index in [0.29, 0.717) is 22.7 Å². The number of non-ortho nitro benzene ring substituents is 1. The molecule has 0 atom stereocenters. The van der Waals surface area contributed by atoms with Gasteiger partial charge in [-0.05, 0) is 48.9 Å². The lowest BCUT2D eigenvalue weighted by Gasteiger charge is -2.05. The van der Waals surface area contributed by atoms with Crippen molar-refractivity contribution in [1.29, 1.82) is 0 Å². The van der Waals surface area contributed by atoms with Crippen LogP contribution in [0.25, 0.3) is 16.3 Å². The highest BCUT2D eigenvalue weighted by Crippen LogP contribution is 2.23. The van der Waals surface area contributed by atoms with E-state index in [-0.39, 0.29) is 12.2 Å². The minimum Gasteiger partial charge on any atom is -0.494 e. The van der Waals surface area contributed by atoms with E-state index in [2.05, 4.69) is 4.99 Å². The molecule has 0 aliphatic rings. The Morgan fingerprint density at radius 1 is 1.23 bits per heavy atom. The number of thiazole rings is 1. The Bertz CT molecular complexity index is 1220. The van der Waals surface area contributed by atoms with Crippen molar-refractivity contribution in [3.05, 3.63) is 69.0 Å². The molecule has 1 amide bonds. The number of hydrogen-bond donors (Lipinski definition) is 0. The van der Waals surface area contributed by atoms with Gasteiger partial charge in [-0.2, -0.15) is 4.99 Å². The SMILES string of the molecule is CCOc1ccc2c(c1)sc(=NC(=O)C=Cc1ccc([N+](=O)[O-])cc1)n2CC(=O)OC. The van der Waals surface area contributed by atoms with Gasteiger partial charge in [0.25, 0.3) is 11.6 Å². The van der Waals surface area contributed by atoms with Gasteiger partial charge in [0.1, 0.15) is 12.3 Å². The summed E-state index contributed by atoms with van der Waals surface area (Å²) in [4.78, 5) is 39.0. The fraction of sp³-hybridized carbons (Fsp3) is 0.190. The van der Waals surface area contributed by atoms with Crippen LogP contribution in [0.3, 0.4) is 0 Å². The lowest BCUT2D eigenvalue weighted by atomic mass is 10.2. The molecule has 0 aliphatic heterocycles. The number of esters is 1. The zero-order valence-electron chi connectivity index (χ0n) is 16.8. The van der Waals surface area contributed by atoms with Crippen LogP contribution in [0.5, 0.6) is 5.75 Å². The molecule has 1 heterocycles. The van der Waals surface area contributed by atoms with Gasteiger partial charge in [-0.25, -0.2) is 0 Å². The van der Waals surface area contributed by atoms with E-state index >= 15 is 0 Å². The Morgan fingerprint density at radius 2 is 1.97 bits per heavy atom. The van der Waals surface area contributed by atoms with Gasteiger partial charge in [-0.1, -0.05) is 11.3 Å². The van der Waals surface area contributed by atoms with Crippen molar-refractivity contribution >= 4 is 45.2 Å². The van der Waals surface area contributed by atoms with Gasteiger partial charge < -0.3 is 14.0 Å². The minimum absolute atomic E-state index is 0.0336. The normalized spacial score (nSPS) is 11.7. The van der Waals surface area contributed by atoms with Gasteiger partial charge in [0.05, 0.1) is 28.9 Å². The van der Waals surface area contributed by atoms with Crippen LogP contribution in [0.4, 0.5) is 5.69 Å². The predicted octanol–water partition coefficient (Wildman–Crippen LogP) is 3.32. The van der Waals surface area contributed by atoms with E-state index in [9.17, 15) is 19.7 Å².